The Hall–Kier alpha value is -2.01. The third-order valence-corrected chi connectivity index (χ3v) is 3.11. The lowest BCUT2D eigenvalue weighted by Gasteiger charge is -2.21. The Morgan fingerprint density at radius 3 is 2.50 bits per heavy atom. The Balaban J connectivity index is 1.88. The Kier molecular flexibility index (Phi) is 4.29. The van der Waals surface area contributed by atoms with Crippen molar-refractivity contribution in [1.29, 1.82) is 0 Å². The molecule has 20 heavy (non-hydrogen) atoms. The molecule has 0 saturated carbocycles. The molecule has 0 amide bonds. The highest BCUT2D eigenvalue weighted by Crippen LogP contribution is 2.24. The molecule has 1 heterocycles. The van der Waals surface area contributed by atoms with Crippen LogP contribution in [-0.2, 0) is 16.8 Å². The van der Waals surface area contributed by atoms with Gasteiger partial charge in [-0.2, -0.15) is 0 Å². The van der Waals surface area contributed by atoms with Crippen LogP contribution in [0.1, 0.15) is 25.1 Å². The van der Waals surface area contributed by atoms with E-state index in [0.717, 1.165) is 17.0 Å². The van der Waals surface area contributed by atoms with Gasteiger partial charge in [0.15, 0.2) is 0 Å². The van der Waals surface area contributed by atoms with Gasteiger partial charge in [0.2, 0.25) is 5.88 Å². The number of hydrogen-bond acceptors (Lipinski definition) is 5. The van der Waals surface area contributed by atoms with Gasteiger partial charge in [-0.05, 0) is 17.7 Å². The van der Waals surface area contributed by atoms with Gasteiger partial charge in [0.05, 0.1) is 26.0 Å². The normalized spacial score (nSPS) is 11.6. The third kappa shape index (κ3) is 3.51. The zero-order chi connectivity index (χ0) is 14.6. The molecule has 0 aliphatic heterocycles. The molecule has 0 aliphatic carbocycles. The Bertz CT molecular complexity index is 547. The number of ether oxygens (including phenoxy) is 2. The average Bonchev–Trinajstić information content (AvgIpc) is 2.87. The van der Waals surface area contributed by atoms with Crippen LogP contribution in [0.25, 0.3) is 0 Å². The number of hydrogen-bond donors (Lipinski definition) is 1. The SMILES string of the molecule is COc1ccc(COCC(C)(C)c2cc(N)on2)cc1. The minimum Gasteiger partial charge on any atom is -0.497 e. The van der Waals surface area contributed by atoms with Crippen molar-refractivity contribution in [3.05, 3.63) is 41.6 Å². The number of nitrogens with zero attached hydrogens (tertiary/aromatic N) is 1. The fourth-order valence-corrected chi connectivity index (χ4v) is 1.83. The molecule has 0 saturated heterocycles. The summed E-state index contributed by atoms with van der Waals surface area (Å²) >= 11 is 0. The molecule has 2 aromatic rings. The molecule has 0 aliphatic rings. The van der Waals surface area contributed by atoms with Gasteiger partial charge in [-0.3, -0.25) is 0 Å². The van der Waals surface area contributed by atoms with Gasteiger partial charge >= 0.3 is 0 Å². The quantitative estimate of drug-likeness (QED) is 0.878. The van der Waals surface area contributed by atoms with Gasteiger partial charge in [-0.25, -0.2) is 0 Å². The number of nitrogens with two attached hydrogens (primary N) is 1. The van der Waals surface area contributed by atoms with Gasteiger partial charge in [-0.15, -0.1) is 0 Å². The molecule has 0 radical (unpaired) electrons. The number of benzene rings is 1. The van der Waals surface area contributed by atoms with Gasteiger partial charge in [0.25, 0.3) is 0 Å². The molecule has 0 atom stereocenters. The van der Waals surface area contributed by atoms with E-state index in [-0.39, 0.29) is 5.41 Å². The van der Waals surface area contributed by atoms with Gasteiger partial charge in [-0.1, -0.05) is 31.1 Å². The molecule has 2 N–H and O–H groups in total. The zero-order valence-corrected chi connectivity index (χ0v) is 12.1. The lowest BCUT2D eigenvalue weighted by molar-refractivity contribution is 0.0800. The van der Waals surface area contributed by atoms with Crippen molar-refractivity contribution < 1.29 is 14.0 Å². The highest BCUT2D eigenvalue weighted by atomic mass is 16.5. The van der Waals surface area contributed by atoms with Crippen LogP contribution in [0.3, 0.4) is 0 Å². The van der Waals surface area contributed by atoms with E-state index in [0.29, 0.717) is 19.1 Å². The van der Waals surface area contributed by atoms with E-state index in [1.807, 2.05) is 38.1 Å². The number of nitrogen functional groups attached to an aromatic ring is 1. The minimum absolute atomic E-state index is 0.242. The topological polar surface area (TPSA) is 70.5 Å². The summed E-state index contributed by atoms with van der Waals surface area (Å²) in [7, 11) is 1.65. The predicted octanol–water partition coefficient (Wildman–Crippen LogP) is 2.76. The second-order valence-electron chi connectivity index (χ2n) is 5.34. The molecule has 1 aromatic heterocycles. The van der Waals surface area contributed by atoms with E-state index in [9.17, 15) is 0 Å². The second-order valence-corrected chi connectivity index (χ2v) is 5.34. The van der Waals surface area contributed by atoms with Crippen LogP contribution in [0.5, 0.6) is 5.75 Å². The van der Waals surface area contributed by atoms with Crippen molar-refractivity contribution >= 4 is 5.88 Å². The second kappa shape index (κ2) is 5.96. The summed E-state index contributed by atoms with van der Waals surface area (Å²) < 4.78 is 15.8. The first-order valence-corrected chi connectivity index (χ1v) is 6.44. The summed E-state index contributed by atoms with van der Waals surface area (Å²) in [5, 5.41) is 3.94. The third-order valence-electron chi connectivity index (χ3n) is 3.11. The molecule has 0 bridgehead atoms. The van der Waals surface area contributed by atoms with E-state index < -0.39 is 0 Å². The van der Waals surface area contributed by atoms with Crippen molar-refractivity contribution in [3.8, 4) is 5.75 Å². The maximum Gasteiger partial charge on any atom is 0.222 e. The summed E-state index contributed by atoms with van der Waals surface area (Å²) in [4.78, 5) is 0. The monoisotopic (exact) mass is 276 g/mol. The van der Waals surface area contributed by atoms with E-state index in [1.165, 1.54) is 0 Å². The van der Waals surface area contributed by atoms with Crippen LogP contribution in [0.4, 0.5) is 5.88 Å². The molecule has 0 spiro atoms. The maximum atomic E-state index is 5.76. The molecular weight excluding hydrogens is 256 g/mol. The number of anilines is 1. The first-order chi connectivity index (χ1) is 9.51. The summed E-state index contributed by atoms with van der Waals surface area (Å²) in [5.74, 6) is 1.16. The molecule has 2 rings (SSSR count). The number of methoxy groups -OCH3 is 1. The molecular formula is C15H20N2O3. The van der Waals surface area contributed by atoms with E-state index in [1.54, 1.807) is 13.2 Å². The molecule has 108 valence electrons. The Labute approximate surface area is 118 Å². The summed E-state index contributed by atoms with van der Waals surface area (Å²) in [6.07, 6.45) is 0. The van der Waals surface area contributed by atoms with Gasteiger partial charge < -0.3 is 19.7 Å². The maximum absolute atomic E-state index is 5.76. The van der Waals surface area contributed by atoms with Crippen LogP contribution in [0.15, 0.2) is 34.9 Å². The lowest BCUT2D eigenvalue weighted by atomic mass is 9.90. The van der Waals surface area contributed by atoms with Gasteiger partial charge in [0.1, 0.15) is 5.75 Å². The van der Waals surface area contributed by atoms with Crippen molar-refractivity contribution in [1.82, 2.24) is 5.16 Å². The zero-order valence-electron chi connectivity index (χ0n) is 12.1. The Morgan fingerprint density at radius 2 is 1.95 bits per heavy atom. The van der Waals surface area contributed by atoms with Crippen molar-refractivity contribution in [3.63, 3.8) is 0 Å². The highest BCUT2D eigenvalue weighted by molar-refractivity contribution is 5.28. The largest absolute Gasteiger partial charge is 0.497 e. The lowest BCUT2D eigenvalue weighted by Crippen LogP contribution is -2.24. The smallest absolute Gasteiger partial charge is 0.222 e. The van der Waals surface area contributed by atoms with Crippen molar-refractivity contribution in [2.24, 2.45) is 0 Å². The van der Waals surface area contributed by atoms with Crippen molar-refractivity contribution in [2.75, 3.05) is 19.5 Å². The fourth-order valence-electron chi connectivity index (χ4n) is 1.83. The van der Waals surface area contributed by atoms with Crippen LogP contribution >= 0.6 is 0 Å². The summed E-state index contributed by atoms with van der Waals surface area (Å²) in [6.45, 7) is 5.16. The summed E-state index contributed by atoms with van der Waals surface area (Å²) in [5.41, 5.74) is 7.19. The predicted molar refractivity (Wildman–Crippen MR) is 76.6 cm³/mol. The van der Waals surface area contributed by atoms with Crippen LogP contribution < -0.4 is 10.5 Å². The van der Waals surface area contributed by atoms with Crippen LogP contribution in [0.2, 0.25) is 0 Å². The van der Waals surface area contributed by atoms with E-state index in [4.69, 9.17) is 19.7 Å². The van der Waals surface area contributed by atoms with Crippen LogP contribution in [0, 0.1) is 0 Å². The standard InChI is InChI=1S/C15H20N2O3/c1-15(2,13-8-14(16)20-17-13)10-19-9-11-4-6-12(18-3)7-5-11/h4-8H,9-10,16H2,1-3H3. The average molecular weight is 276 g/mol. The molecule has 0 unspecified atom stereocenters. The molecule has 5 heteroatoms. The van der Waals surface area contributed by atoms with Crippen LogP contribution in [-0.4, -0.2) is 18.9 Å². The molecule has 1 aromatic carbocycles. The summed E-state index contributed by atoms with van der Waals surface area (Å²) in [6, 6.07) is 9.54. The first kappa shape index (κ1) is 14.4. The number of aromatic nitrogens is 1. The van der Waals surface area contributed by atoms with E-state index in [2.05, 4.69) is 5.16 Å². The minimum atomic E-state index is -0.242. The first-order valence-electron chi connectivity index (χ1n) is 6.44. The fraction of sp³-hybridized carbons (Fsp3) is 0.400. The number of rotatable bonds is 6. The Morgan fingerprint density at radius 1 is 1.25 bits per heavy atom. The highest BCUT2D eigenvalue weighted by Gasteiger charge is 2.25. The molecule has 0 fully saturated rings. The van der Waals surface area contributed by atoms with E-state index >= 15 is 0 Å². The van der Waals surface area contributed by atoms with Gasteiger partial charge in [0, 0.05) is 11.5 Å². The van der Waals surface area contributed by atoms with Crippen molar-refractivity contribution in [2.45, 2.75) is 25.9 Å². The molecule has 5 nitrogen and oxygen atoms in total.